The lowest BCUT2D eigenvalue weighted by Crippen LogP contribution is -2.18. The van der Waals surface area contributed by atoms with Crippen molar-refractivity contribution in [1.29, 1.82) is 0 Å². The fraction of sp³-hybridized carbons (Fsp3) is 0.308. The lowest BCUT2D eigenvalue weighted by atomic mass is 10.1. The number of hydrogen-bond donors (Lipinski definition) is 1. The summed E-state index contributed by atoms with van der Waals surface area (Å²) >= 11 is 0. The van der Waals surface area contributed by atoms with E-state index in [1.165, 1.54) is 6.07 Å². The topological polar surface area (TPSA) is 29.9 Å². The highest BCUT2D eigenvalue weighted by molar-refractivity contribution is 5.19. The summed E-state index contributed by atoms with van der Waals surface area (Å²) in [6, 6.07) is 8.71. The van der Waals surface area contributed by atoms with Gasteiger partial charge in [-0.1, -0.05) is 12.1 Å². The molecule has 0 bridgehead atoms. The maximum atomic E-state index is 13.1. The number of nitrogens with one attached hydrogen (secondary N) is 1. The van der Waals surface area contributed by atoms with Crippen LogP contribution in [0.5, 0.6) is 0 Å². The molecule has 2 aromatic rings. The molecule has 2 rings (SSSR count). The summed E-state index contributed by atoms with van der Waals surface area (Å²) in [7, 11) is 1.89. The predicted octanol–water partition coefficient (Wildman–Crippen LogP) is 2.41. The van der Waals surface area contributed by atoms with E-state index < -0.39 is 0 Å². The molecule has 0 unspecified atom stereocenters. The molecule has 1 aromatic carbocycles. The van der Waals surface area contributed by atoms with E-state index in [1.807, 2.05) is 32.3 Å². The van der Waals surface area contributed by atoms with E-state index in [0.29, 0.717) is 6.54 Å². The second-order valence-electron chi connectivity index (χ2n) is 4.14. The highest BCUT2D eigenvalue weighted by Gasteiger charge is 2.06. The molecule has 1 atom stereocenters. The Morgan fingerprint density at radius 2 is 2.24 bits per heavy atom. The van der Waals surface area contributed by atoms with Gasteiger partial charge in [-0.25, -0.2) is 4.39 Å². The number of hydrogen-bond acceptors (Lipinski definition) is 2. The van der Waals surface area contributed by atoms with Gasteiger partial charge < -0.3 is 5.32 Å². The maximum Gasteiger partial charge on any atom is 0.123 e. The van der Waals surface area contributed by atoms with Gasteiger partial charge in [0.25, 0.3) is 0 Å². The van der Waals surface area contributed by atoms with Crippen molar-refractivity contribution in [1.82, 2.24) is 15.1 Å². The van der Waals surface area contributed by atoms with E-state index in [1.54, 1.807) is 16.8 Å². The van der Waals surface area contributed by atoms with Gasteiger partial charge in [-0.05, 0) is 30.7 Å². The standard InChI is InChI=1S/C13H16FN3/c1-10(11-4-3-5-12(14)8-11)15-9-13-6-7-17(2)16-13/h3-8,10,15H,9H2,1-2H3/t10-/m1/s1. The number of nitrogens with zero attached hydrogens (tertiary/aromatic N) is 2. The molecule has 1 N–H and O–H groups in total. The fourth-order valence-corrected chi connectivity index (χ4v) is 1.71. The van der Waals surface area contributed by atoms with Gasteiger partial charge in [0, 0.05) is 25.8 Å². The minimum absolute atomic E-state index is 0.104. The highest BCUT2D eigenvalue weighted by atomic mass is 19.1. The van der Waals surface area contributed by atoms with E-state index in [9.17, 15) is 4.39 Å². The molecule has 0 saturated heterocycles. The van der Waals surface area contributed by atoms with Crippen LogP contribution in [-0.4, -0.2) is 9.78 Å². The first-order chi connectivity index (χ1) is 8.15. The first-order valence-corrected chi connectivity index (χ1v) is 5.62. The van der Waals surface area contributed by atoms with Gasteiger partial charge in [-0.15, -0.1) is 0 Å². The minimum Gasteiger partial charge on any atom is -0.304 e. The van der Waals surface area contributed by atoms with Crippen molar-refractivity contribution < 1.29 is 4.39 Å². The van der Waals surface area contributed by atoms with Crippen LogP contribution in [-0.2, 0) is 13.6 Å². The van der Waals surface area contributed by atoms with Gasteiger partial charge in [0.15, 0.2) is 0 Å². The zero-order valence-corrected chi connectivity index (χ0v) is 10.0. The van der Waals surface area contributed by atoms with E-state index in [0.717, 1.165) is 11.3 Å². The quantitative estimate of drug-likeness (QED) is 0.878. The van der Waals surface area contributed by atoms with Gasteiger partial charge in [-0.2, -0.15) is 5.10 Å². The fourth-order valence-electron chi connectivity index (χ4n) is 1.71. The van der Waals surface area contributed by atoms with E-state index in [4.69, 9.17) is 0 Å². The first kappa shape index (κ1) is 11.8. The molecule has 0 fully saturated rings. The normalized spacial score (nSPS) is 12.6. The van der Waals surface area contributed by atoms with Crippen LogP contribution >= 0.6 is 0 Å². The Hall–Kier alpha value is -1.68. The molecule has 0 saturated carbocycles. The number of rotatable bonds is 4. The third kappa shape index (κ3) is 3.14. The van der Waals surface area contributed by atoms with E-state index in [2.05, 4.69) is 10.4 Å². The molecule has 1 heterocycles. The monoisotopic (exact) mass is 233 g/mol. The summed E-state index contributed by atoms with van der Waals surface area (Å²) in [5, 5.41) is 7.59. The SMILES string of the molecule is C[C@@H](NCc1ccn(C)n1)c1cccc(F)c1. The van der Waals surface area contributed by atoms with Crippen LogP contribution in [0.4, 0.5) is 4.39 Å². The summed E-state index contributed by atoms with van der Waals surface area (Å²) in [4.78, 5) is 0. The smallest absolute Gasteiger partial charge is 0.123 e. The van der Waals surface area contributed by atoms with Crippen molar-refractivity contribution in [2.75, 3.05) is 0 Å². The summed E-state index contributed by atoms with van der Waals surface area (Å²) in [6.45, 7) is 2.69. The van der Waals surface area contributed by atoms with Gasteiger partial charge in [-0.3, -0.25) is 4.68 Å². The summed E-state index contributed by atoms with van der Waals surface area (Å²) in [5.41, 5.74) is 1.93. The Morgan fingerprint density at radius 1 is 1.41 bits per heavy atom. The first-order valence-electron chi connectivity index (χ1n) is 5.62. The molecule has 3 nitrogen and oxygen atoms in total. The molecule has 1 aromatic heterocycles. The lowest BCUT2D eigenvalue weighted by Gasteiger charge is -2.13. The van der Waals surface area contributed by atoms with Crippen molar-refractivity contribution in [2.24, 2.45) is 7.05 Å². The molecule has 0 amide bonds. The van der Waals surface area contributed by atoms with Crippen molar-refractivity contribution in [3.8, 4) is 0 Å². The van der Waals surface area contributed by atoms with Gasteiger partial charge in [0.1, 0.15) is 5.82 Å². The minimum atomic E-state index is -0.200. The second kappa shape index (κ2) is 5.10. The molecular formula is C13H16FN3. The number of aryl methyl sites for hydroxylation is 1. The van der Waals surface area contributed by atoms with Crippen molar-refractivity contribution in [2.45, 2.75) is 19.5 Å². The molecule has 17 heavy (non-hydrogen) atoms. The molecule has 0 aliphatic carbocycles. The Morgan fingerprint density at radius 3 is 2.88 bits per heavy atom. The Balaban J connectivity index is 1.95. The number of benzene rings is 1. The van der Waals surface area contributed by atoms with Crippen LogP contribution in [0.15, 0.2) is 36.5 Å². The van der Waals surface area contributed by atoms with E-state index >= 15 is 0 Å². The average Bonchev–Trinajstić information content (AvgIpc) is 2.72. The summed E-state index contributed by atoms with van der Waals surface area (Å²) < 4.78 is 14.8. The zero-order chi connectivity index (χ0) is 12.3. The van der Waals surface area contributed by atoms with Crippen molar-refractivity contribution >= 4 is 0 Å². The Kier molecular flexibility index (Phi) is 3.54. The Labute approximate surface area is 100 Å². The predicted molar refractivity (Wildman–Crippen MR) is 64.9 cm³/mol. The van der Waals surface area contributed by atoms with Crippen LogP contribution in [0.1, 0.15) is 24.2 Å². The third-order valence-corrected chi connectivity index (χ3v) is 2.71. The summed E-state index contributed by atoms with van der Waals surface area (Å²) in [5.74, 6) is -0.200. The molecular weight excluding hydrogens is 217 g/mol. The molecule has 0 spiro atoms. The van der Waals surface area contributed by atoms with Crippen molar-refractivity contribution in [3.05, 3.63) is 53.6 Å². The van der Waals surface area contributed by atoms with Crippen LogP contribution in [0.25, 0.3) is 0 Å². The zero-order valence-electron chi connectivity index (χ0n) is 10.0. The third-order valence-electron chi connectivity index (χ3n) is 2.71. The highest BCUT2D eigenvalue weighted by Crippen LogP contribution is 2.13. The Bertz CT molecular complexity index is 493. The average molecular weight is 233 g/mol. The second-order valence-corrected chi connectivity index (χ2v) is 4.14. The van der Waals surface area contributed by atoms with Crippen LogP contribution < -0.4 is 5.32 Å². The van der Waals surface area contributed by atoms with Gasteiger partial charge in [0.2, 0.25) is 0 Å². The van der Waals surface area contributed by atoms with Crippen molar-refractivity contribution in [3.63, 3.8) is 0 Å². The number of aromatic nitrogens is 2. The molecule has 90 valence electrons. The summed E-state index contributed by atoms with van der Waals surface area (Å²) in [6.07, 6.45) is 1.91. The molecule has 4 heteroatoms. The van der Waals surface area contributed by atoms with Gasteiger partial charge >= 0.3 is 0 Å². The van der Waals surface area contributed by atoms with Crippen LogP contribution in [0, 0.1) is 5.82 Å². The molecule has 0 radical (unpaired) electrons. The molecule has 0 aliphatic rings. The van der Waals surface area contributed by atoms with Gasteiger partial charge in [0.05, 0.1) is 5.69 Å². The van der Waals surface area contributed by atoms with Crippen LogP contribution in [0.2, 0.25) is 0 Å². The number of halogens is 1. The maximum absolute atomic E-state index is 13.1. The lowest BCUT2D eigenvalue weighted by molar-refractivity contribution is 0.554. The molecule has 0 aliphatic heterocycles. The largest absolute Gasteiger partial charge is 0.304 e. The van der Waals surface area contributed by atoms with E-state index in [-0.39, 0.29) is 11.9 Å². The van der Waals surface area contributed by atoms with Crippen LogP contribution in [0.3, 0.4) is 0 Å².